The van der Waals surface area contributed by atoms with Crippen LogP contribution < -0.4 is 5.32 Å². The lowest BCUT2D eigenvalue weighted by Crippen LogP contribution is -2.35. The van der Waals surface area contributed by atoms with Gasteiger partial charge in [0, 0.05) is 31.8 Å². The second kappa shape index (κ2) is 4.33. The molecule has 2 heterocycles. The number of rotatable bonds is 4. The highest BCUT2D eigenvalue weighted by molar-refractivity contribution is 5.08. The molecule has 0 saturated carbocycles. The maximum absolute atomic E-state index is 5.52. The van der Waals surface area contributed by atoms with Crippen molar-refractivity contribution in [1.82, 2.24) is 15.1 Å². The number of hydrogen-bond donors (Lipinski definition) is 1. The molecule has 1 aliphatic rings. The first kappa shape index (κ1) is 10.6. The molecule has 0 amide bonds. The fraction of sp³-hybridized carbons (Fsp3) is 0.727. The number of hydrogen-bond acceptors (Lipinski definition) is 3. The van der Waals surface area contributed by atoms with Crippen LogP contribution in [0.1, 0.15) is 12.0 Å². The lowest BCUT2D eigenvalue weighted by Gasteiger charge is -2.26. The topological polar surface area (TPSA) is 39.1 Å². The van der Waals surface area contributed by atoms with E-state index < -0.39 is 0 Å². The van der Waals surface area contributed by atoms with Crippen molar-refractivity contribution in [1.29, 1.82) is 0 Å². The number of aryl methyl sites for hydroxylation is 1. The summed E-state index contributed by atoms with van der Waals surface area (Å²) >= 11 is 0. The molecular formula is C11H19N3O. The summed E-state index contributed by atoms with van der Waals surface area (Å²) < 4.78 is 7.38. The SMILES string of the molecule is CNCC1(Cc2cnn(C)c2)CCOC1. The average molecular weight is 209 g/mol. The monoisotopic (exact) mass is 209 g/mol. The zero-order valence-electron chi connectivity index (χ0n) is 9.49. The molecule has 1 atom stereocenters. The largest absolute Gasteiger partial charge is 0.381 e. The molecule has 1 N–H and O–H groups in total. The third kappa shape index (κ3) is 2.38. The fourth-order valence-electron chi connectivity index (χ4n) is 2.36. The van der Waals surface area contributed by atoms with E-state index in [1.165, 1.54) is 5.56 Å². The quantitative estimate of drug-likeness (QED) is 0.789. The van der Waals surface area contributed by atoms with Gasteiger partial charge in [-0.15, -0.1) is 0 Å². The van der Waals surface area contributed by atoms with Crippen LogP contribution in [0.4, 0.5) is 0 Å². The Balaban J connectivity index is 2.06. The zero-order valence-corrected chi connectivity index (χ0v) is 9.49. The molecule has 2 rings (SSSR count). The van der Waals surface area contributed by atoms with E-state index in [0.29, 0.717) is 0 Å². The molecule has 15 heavy (non-hydrogen) atoms. The number of ether oxygens (including phenoxy) is 1. The van der Waals surface area contributed by atoms with Crippen molar-refractivity contribution >= 4 is 0 Å². The highest BCUT2D eigenvalue weighted by atomic mass is 16.5. The predicted octanol–water partition coefficient (Wildman–Crippen LogP) is 0.589. The molecule has 0 spiro atoms. The van der Waals surface area contributed by atoms with E-state index in [2.05, 4.69) is 16.6 Å². The number of nitrogens with zero attached hydrogens (tertiary/aromatic N) is 2. The van der Waals surface area contributed by atoms with Gasteiger partial charge in [-0.25, -0.2) is 0 Å². The standard InChI is InChI=1S/C11H19N3O/c1-12-8-11(3-4-15-9-11)5-10-6-13-14(2)7-10/h6-7,12H,3-5,8-9H2,1-2H3. The lowest BCUT2D eigenvalue weighted by atomic mass is 9.81. The Morgan fingerprint density at radius 3 is 3.07 bits per heavy atom. The third-order valence-corrected chi connectivity index (χ3v) is 3.07. The van der Waals surface area contributed by atoms with Crippen LogP contribution in [0.5, 0.6) is 0 Å². The van der Waals surface area contributed by atoms with Gasteiger partial charge in [-0.2, -0.15) is 5.10 Å². The van der Waals surface area contributed by atoms with Crippen LogP contribution in [0.15, 0.2) is 12.4 Å². The van der Waals surface area contributed by atoms with Crippen LogP contribution in [0.25, 0.3) is 0 Å². The predicted molar refractivity (Wildman–Crippen MR) is 58.7 cm³/mol. The van der Waals surface area contributed by atoms with E-state index in [9.17, 15) is 0 Å². The molecule has 0 bridgehead atoms. The molecule has 1 saturated heterocycles. The Kier molecular flexibility index (Phi) is 3.07. The summed E-state index contributed by atoms with van der Waals surface area (Å²) in [5.41, 5.74) is 1.58. The summed E-state index contributed by atoms with van der Waals surface area (Å²) in [6, 6.07) is 0. The smallest absolute Gasteiger partial charge is 0.0538 e. The van der Waals surface area contributed by atoms with E-state index in [-0.39, 0.29) is 5.41 Å². The highest BCUT2D eigenvalue weighted by Gasteiger charge is 2.34. The summed E-state index contributed by atoms with van der Waals surface area (Å²) in [6.07, 6.45) is 6.25. The molecule has 84 valence electrons. The van der Waals surface area contributed by atoms with Crippen LogP contribution in [0, 0.1) is 5.41 Å². The van der Waals surface area contributed by atoms with E-state index >= 15 is 0 Å². The van der Waals surface area contributed by atoms with E-state index in [4.69, 9.17) is 4.74 Å². The summed E-state index contributed by atoms with van der Waals surface area (Å²) in [5.74, 6) is 0. The first-order valence-electron chi connectivity index (χ1n) is 5.44. The molecule has 1 aromatic heterocycles. The normalized spacial score (nSPS) is 26.0. The molecule has 1 fully saturated rings. The molecule has 4 nitrogen and oxygen atoms in total. The molecule has 1 aromatic rings. The minimum Gasteiger partial charge on any atom is -0.381 e. The van der Waals surface area contributed by atoms with Crippen molar-refractivity contribution in [2.45, 2.75) is 12.8 Å². The Morgan fingerprint density at radius 1 is 1.67 bits per heavy atom. The Bertz CT molecular complexity index is 315. The van der Waals surface area contributed by atoms with Gasteiger partial charge in [0.15, 0.2) is 0 Å². The molecule has 1 aliphatic heterocycles. The van der Waals surface area contributed by atoms with Gasteiger partial charge in [0.1, 0.15) is 0 Å². The van der Waals surface area contributed by atoms with Crippen molar-refractivity contribution in [3.63, 3.8) is 0 Å². The van der Waals surface area contributed by atoms with Crippen LogP contribution >= 0.6 is 0 Å². The Morgan fingerprint density at radius 2 is 2.53 bits per heavy atom. The highest BCUT2D eigenvalue weighted by Crippen LogP contribution is 2.31. The molecule has 0 aromatic carbocycles. The van der Waals surface area contributed by atoms with Crippen LogP contribution in [-0.4, -0.2) is 36.6 Å². The molecule has 4 heteroatoms. The van der Waals surface area contributed by atoms with Crippen molar-refractivity contribution in [3.8, 4) is 0 Å². The van der Waals surface area contributed by atoms with Crippen molar-refractivity contribution in [3.05, 3.63) is 18.0 Å². The summed E-state index contributed by atoms with van der Waals surface area (Å²) in [7, 11) is 3.96. The van der Waals surface area contributed by atoms with Gasteiger partial charge < -0.3 is 10.1 Å². The van der Waals surface area contributed by atoms with Gasteiger partial charge in [-0.05, 0) is 25.5 Å². The lowest BCUT2D eigenvalue weighted by molar-refractivity contribution is 0.150. The third-order valence-electron chi connectivity index (χ3n) is 3.07. The van der Waals surface area contributed by atoms with E-state index in [1.807, 2.05) is 25.0 Å². The van der Waals surface area contributed by atoms with Crippen molar-refractivity contribution < 1.29 is 4.74 Å². The van der Waals surface area contributed by atoms with Crippen LogP contribution in [0.3, 0.4) is 0 Å². The molecule has 1 unspecified atom stereocenters. The zero-order chi connectivity index (χ0) is 10.7. The van der Waals surface area contributed by atoms with Gasteiger partial charge >= 0.3 is 0 Å². The van der Waals surface area contributed by atoms with E-state index in [0.717, 1.165) is 32.6 Å². The summed E-state index contributed by atoms with van der Waals surface area (Å²) in [5, 5.41) is 7.48. The summed E-state index contributed by atoms with van der Waals surface area (Å²) in [6.45, 7) is 2.77. The Hall–Kier alpha value is -0.870. The number of nitrogens with one attached hydrogen (secondary N) is 1. The minimum atomic E-state index is 0.276. The van der Waals surface area contributed by atoms with Crippen molar-refractivity contribution in [2.75, 3.05) is 26.8 Å². The fourth-order valence-corrected chi connectivity index (χ4v) is 2.36. The second-order valence-electron chi connectivity index (χ2n) is 4.53. The maximum atomic E-state index is 5.52. The molecular weight excluding hydrogens is 190 g/mol. The number of aromatic nitrogens is 2. The van der Waals surface area contributed by atoms with Crippen molar-refractivity contribution in [2.24, 2.45) is 12.5 Å². The first-order valence-corrected chi connectivity index (χ1v) is 5.44. The summed E-state index contributed by atoms with van der Waals surface area (Å²) in [4.78, 5) is 0. The Labute approximate surface area is 90.6 Å². The van der Waals surface area contributed by atoms with Crippen LogP contribution in [-0.2, 0) is 18.2 Å². The minimum absolute atomic E-state index is 0.276. The maximum Gasteiger partial charge on any atom is 0.0538 e. The molecule has 0 aliphatic carbocycles. The second-order valence-corrected chi connectivity index (χ2v) is 4.53. The first-order chi connectivity index (χ1) is 7.24. The van der Waals surface area contributed by atoms with Gasteiger partial charge in [-0.1, -0.05) is 0 Å². The van der Waals surface area contributed by atoms with Gasteiger partial charge in [-0.3, -0.25) is 4.68 Å². The van der Waals surface area contributed by atoms with Gasteiger partial charge in [0.25, 0.3) is 0 Å². The average Bonchev–Trinajstić information content (AvgIpc) is 2.78. The van der Waals surface area contributed by atoms with E-state index in [1.54, 1.807) is 0 Å². The van der Waals surface area contributed by atoms with Gasteiger partial charge in [0.2, 0.25) is 0 Å². The van der Waals surface area contributed by atoms with Crippen LogP contribution in [0.2, 0.25) is 0 Å². The van der Waals surface area contributed by atoms with Gasteiger partial charge in [0.05, 0.1) is 12.8 Å². The molecule has 0 radical (unpaired) electrons.